The quantitative estimate of drug-likeness (QED) is 0.421. The maximum atomic E-state index is 5.00. The van der Waals surface area contributed by atoms with E-state index < -0.39 is 0 Å². The fourth-order valence-electron chi connectivity index (χ4n) is 0.404. The van der Waals surface area contributed by atoms with Crippen molar-refractivity contribution < 1.29 is 14.2 Å². The molecule has 0 aromatic rings. The molecule has 0 aliphatic rings. The molecule has 0 atom stereocenters. The van der Waals surface area contributed by atoms with Crippen LogP contribution in [0.4, 0.5) is 0 Å². The molecule has 10 heavy (non-hydrogen) atoms. The van der Waals surface area contributed by atoms with E-state index >= 15 is 0 Å². The Bertz CT molecular complexity index is 42.1. The highest BCUT2D eigenvalue weighted by Gasteiger charge is 1.83. The lowest BCUT2D eigenvalue weighted by Gasteiger charge is -2.01. The number of hydrogen-bond acceptors (Lipinski definition) is 3. The summed E-state index contributed by atoms with van der Waals surface area (Å²) in [7, 11) is 1.60. The van der Waals surface area contributed by atoms with Gasteiger partial charge in [0.05, 0.1) is 13.2 Å². The van der Waals surface area contributed by atoms with Crippen molar-refractivity contribution in [2.45, 2.75) is 14.4 Å². The van der Waals surface area contributed by atoms with Crippen molar-refractivity contribution in [3.05, 3.63) is 0 Å². The van der Waals surface area contributed by atoms with E-state index in [0.29, 0.717) is 20.0 Å². The summed E-state index contributed by atoms with van der Waals surface area (Å²) in [5.41, 5.74) is 0. The molecule has 0 aliphatic heterocycles. The summed E-state index contributed by atoms with van der Waals surface area (Å²) >= 11 is 0. The van der Waals surface area contributed by atoms with Gasteiger partial charge in [-0.05, 0) is 6.92 Å². The minimum Gasteiger partial charge on any atom is -0.379 e. The first-order chi connectivity index (χ1) is 4.41. The van der Waals surface area contributed by atoms with Gasteiger partial charge in [-0.3, -0.25) is 0 Å². The number of hydrogen-bond donors (Lipinski definition) is 0. The van der Waals surface area contributed by atoms with E-state index in [4.69, 9.17) is 9.47 Å². The number of rotatable bonds is 6. The monoisotopic (exact) mass is 150 g/mol. The zero-order valence-electron chi connectivity index (χ0n) is 6.05. The van der Waals surface area contributed by atoms with Gasteiger partial charge in [-0.1, -0.05) is 7.43 Å². The van der Waals surface area contributed by atoms with E-state index in [-0.39, 0.29) is 7.43 Å². The lowest BCUT2D eigenvalue weighted by Crippen LogP contribution is -2.05. The van der Waals surface area contributed by atoms with Gasteiger partial charge in [-0.2, -0.15) is 0 Å². The Morgan fingerprint density at radius 2 is 1.70 bits per heavy atom. The van der Waals surface area contributed by atoms with Gasteiger partial charge in [0.1, 0.15) is 6.79 Å². The van der Waals surface area contributed by atoms with Crippen molar-refractivity contribution in [3.63, 3.8) is 0 Å². The highest BCUT2D eigenvalue weighted by atomic mass is 16.7. The second kappa shape index (κ2) is 11.6. The summed E-state index contributed by atoms with van der Waals surface area (Å²) in [6, 6.07) is 0. The van der Waals surface area contributed by atoms with Crippen molar-refractivity contribution >= 4 is 0 Å². The third kappa shape index (κ3) is 10.8. The topological polar surface area (TPSA) is 27.7 Å². The van der Waals surface area contributed by atoms with Gasteiger partial charge in [-0.15, -0.1) is 0 Å². The summed E-state index contributed by atoms with van der Waals surface area (Å²) in [6.07, 6.45) is 0. The van der Waals surface area contributed by atoms with Gasteiger partial charge in [0, 0.05) is 13.7 Å². The van der Waals surface area contributed by atoms with Crippen LogP contribution in [0.15, 0.2) is 0 Å². The Balaban J connectivity index is 0. The zero-order chi connectivity index (χ0) is 6.95. The van der Waals surface area contributed by atoms with E-state index in [1.165, 1.54) is 0 Å². The molecular formula is C7H18O3. The minimum absolute atomic E-state index is 0. The Hall–Kier alpha value is -0.120. The third-order valence-corrected chi connectivity index (χ3v) is 0.777. The van der Waals surface area contributed by atoms with Gasteiger partial charge in [0.25, 0.3) is 0 Å². The summed E-state index contributed by atoms with van der Waals surface area (Å²) in [4.78, 5) is 0. The molecule has 0 fully saturated rings. The molecule has 3 nitrogen and oxygen atoms in total. The van der Waals surface area contributed by atoms with Crippen molar-refractivity contribution in [1.29, 1.82) is 0 Å². The van der Waals surface area contributed by atoms with E-state index in [2.05, 4.69) is 4.74 Å². The van der Waals surface area contributed by atoms with Gasteiger partial charge in [0.2, 0.25) is 0 Å². The first-order valence-corrected chi connectivity index (χ1v) is 3.06. The van der Waals surface area contributed by atoms with E-state index in [0.717, 1.165) is 6.61 Å². The second-order valence-electron chi connectivity index (χ2n) is 1.51. The first-order valence-electron chi connectivity index (χ1n) is 3.06. The molecule has 0 aromatic carbocycles. The maximum absolute atomic E-state index is 5.00. The molecular weight excluding hydrogens is 132 g/mol. The highest BCUT2D eigenvalue weighted by Crippen LogP contribution is 1.76. The van der Waals surface area contributed by atoms with Crippen LogP contribution in [0.3, 0.4) is 0 Å². The number of ether oxygens (including phenoxy) is 3. The molecule has 0 saturated carbocycles. The van der Waals surface area contributed by atoms with Gasteiger partial charge in [-0.25, -0.2) is 0 Å². The summed E-state index contributed by atoms with van der Waals surface area (Å²) in [5.74, 6) is 0. The fraction of sp³-hybridized carbons (Fsp3) is 1.00. The summed E-state index contributed by atoms with van der Waals surface area (Å²) in [6.45, 7) is 4.32. The molecule has 0 unspecified atom stereocenters. The molecule has 0 spiro atoms. The van der Waals surface area contributed by atoms with Crippen LogP contribution in [0, 0.1) is 0 Å². The fourth-order valence-corrected chi connectivity index (χ4v) is 0.404. The molecule has 3 heteroatoms. The van der Waals surface area contributed by atoms with E-state index in [9.17, 15) is 0 Å². The lowest BCUT2D eigenvalue weighted by atomic mass is 10.7. The Kier molecular flexibility index (Phi) is 14.6. The van der Waals surface area contributed by atoms with Crippen LogP contribution in [0.2, 0.25) is 0 Å². The average molecular weight is 150 g/mol. The Morgan fingerprint density at radius 1 is 1.10 bits per heavy atom. The molecule has 64 valence electrons. The molecule has 0 radical (unpaired) electrons. The Labute approximate surface area is 63.3 Å². The van der Waals surface area contributed by atoms with Crippen molar-refractivity contribution in [1.82, 2.24) is 0 Å². The molecule has 0 saturated heterocycles. The maximum Gasteiger partial charge on any atom is 0.146 e. The minimum atomic E-state index is 0. The predicted molar refractivity (Wildman–Crippen MR) is 41.1 cm³/mol. The molecule has 0 amide bonds. The highest BCUT2D eigenvalue weighted by molar-refractivity contribution is 4.23. The van der Waals surface area contributed by atoms with Gasteiger partial charge >= 0.3 is 0 Å². The lowest BCUT2D eigenvalue weighted by molar-refractivity contribution is -0.0496. The second-order valence-corrected chi connectivity index (χ2v) is 1.51. The zero-order valence-corrected chi connectivity index (χ0v) is 6.05. The third-order valence-electron chi connectivity index (χ3n) is 0.777. The smallest absolute Gasteiger partial charge is 0.146 e. The van der Waals surface area contributed by atoms with Crippen LogP contribution < -0.4 is 0 Å². The normalized spacial score (nSPS) is 9.00. The summed E-state index contributed by atoms with van der Waals surface area (Å²) in [5, 5.41) is 0. The molecule has 0 bridgehead atoms. The van der Waals surface area contributed by atoms with E-state index in [1.807, 2.05) is 6.92 Å². The molecule has 0 aromatic heterocycles. The SMILES string of the molecule is C.CCOCCOCOC. The van der Waals surface area contributed by atoms with Crippen LogP contribution in [-0.2, 0) is 14.2 Å². The van der Waals surface area contributed by atoms with Crippen LogP contribution in [0.1, 0.15) is 14.4 Å². The van der Waals surface area contributed by atoms with Crippen LogP contribution >= 0.6 is 0 Å². The Morgan fingerprint density at radius 3 is 2.20 bits per heavy atom. The largest absolute Gasteiger partial charge is 0.379 e. The van der Waals surface area contributed by atoms with Gasteiger partial charge < -0.3 is 14.2 Å². The van der Waals surface area contributed by atoms with Crippen LogP contribution in [0.5, 0.6) is 0 Å². The molecule has 0 N–H and O–H groups in total. The molecule has 0 heterocycles. The van der Waals surface area contributed by atoms with Crippen molar-refractivity contribution in [2.75, 3.05) is 33.7 Å². The number of methoxy groups -OCH3 is 1. The predicted octanol–water partition coefficient (Wildman–Crippen LogP) is 1.28. The van der Waals surface area contributed by atoms with Gasteiger partial charge in [0.15, 0.2) is 0 Å². The summed E-state index contributed by atoms with van der Waals surface area (Å²) < 4.78 is 14.6. The standard InChI is InChI=1S/C6H14O3.CH4/c1-3-8-4-5-9-6-7-2;/h3-6H2,1-2H3;1H4. The van der Waals surface area contributed by atoms with Crippen molar-refractivity contribution in [2.24, 2.45) is 0 Å². The molecule has 0 rings (SSSR count). The van der Waals surface area contributed by atoms with Crippen LogP contribution in [0.25, 0.3) is 0 Å². The van der Waals surface area contributed by atoms with E-state index in [1.54, 1.807) is 7.11 Å². The first kappa shape index (κ1) is 12.5. The molecule has 0 aliphatic carbocycles. The average Bonchev–Trinajstić information content (AvgIpc) is 1.89. The van der Waals surface area contributed by atoms with Crippen LogP contribution in [-0.4, -0.2) is 33.7 Å². The van der Waals surface area contributed by atoms with Crippen molar-refractivity contribution in [3.8, 4) is 0 Å².